The van der Waals surface area contributed by atoms with Crippen molar-refractivity contribution in [1.82, 2.24) is 14.5 Å². The van der Waals surface area contributed by atoms with Crippen LogP contribution in [0.3, 0.4) is 0 Å². The van der Waals surface area contributed by atoms with Gasteiger partial charge < -0.3 is 14.4 Å². The van der Waals surface area contributed by atoms with Crippen LogP contribution in [0.5, 0.6) is 5.75 Å². The summed E-state index contributed by atoms with van der Waals surface area (Å²) in [6.07, 6.45) is 4.91. The zero-order chi connectivity index (χ0) is 25.2. The molecule has 0 amide bonds. The van der Waals surface area contributed by atoms with Gasteiger partial charge in [0.1, 0.15) is 23.7 Å². The molecule has 0 saturated heterocycles. The van der Waals surface area contributed by atoms with E-state index in [0.717, 1.165) is 41.6 Å². The molecule has 1 unspecified atom stereocenters. The molecule has 0 aliphatic heterocycles. The molecule has 186 valence electrons. The summed E-state index contributed by atoms with van der Waals surface area (Å²) in [5.74, 6) is -1.07. The van der Waals surface area contributed by atoms with Crippen LogP contribution < -0.4 is 4.74 Å². The van der Waals surface area contributed by atoms with Crippen molar-refractivity contribution in [2.45, 2.75) is 58.6 Å². The van der Waals surface area contributed by atoms with Crippen LogP contribution in [-0.4, -0.2) is 25.6 Å². The van der Waals surface area contributed by atoms with Crippen LogP contribution in [0.1, 0.15) is 59.8 Å². The van der Waals surface area contributed by atoms with E-state index in [1.54, 1.807) is 12.3 Å². The van der Waals surface area contributed by atoms with E-state index in [1.165, 1.54) is 6.07 Å². The van der Waals surface area contributed by atoms with Crippen molar-refractivity contribution in [3.05, 3.63) is 88.8 Å². The Morgan fingerprint density at radius 2 is 1.83 bits per heavy atom. The molecule has 1 saturated carbocycles. The molecule has 0 bridgehead atoms. The number of aromatic nitrogens is 3. The normalized spacial score (nSPS) is 17.9. The number of nitrogens with zero attached hydrogens (tertiary/aromatic N) is 3. The Bertz CT molecular complexity index is 1380. The molecule has 2 aromatic carbocycles. The summed E-state index contributed by atoms with van der Waals surface area (Å²) in [6.45, 7) is 4.68. The van der Waals surface area contributed by atoms with Gasteiger partial charge in [0.15, 0.2) is 5.82 Å². The minimum absolute atomic E-state index is 0.216. The maximum absolute atomic E-state index is 15.3. The standard InChI is InChI=1S/C29H30FN3O3/c1-18-7-10-20(11-8-18)16-33-26-14-22(36-17-21-12-9-19(2)15-31-21)13-25(30)27(26)32-28(33)23-5-3-4-6-24(23)29(34)35/h7-15,23-24H,3-6,16-17H2,1-2H3,(H,34,35)/t23?,24-/m1/s1. The van der Waals surface area contributed by atoms with Crippen LogP contribution in [0.2, 0.25) is 0 Å². The van der Waals surface area contributed by atoms with Crippen LogP contribution in [-0.2, 0) is 17.9 Å². The number of ether oxygens (including phenoxy) is 1. The van der Waals surface area contributed by atoms with Crippen LogP contribution in [0.4, 0.5) is 4.39 Å². The van der Waals surface area contributed by atoms with E-state index >= 15 is 4.39 Å². The van der Waals surface area contributed by atoms with Gasteiger partial charge in [-0.25, -0.2) is 9.37 Å². The SMILES string of the molecule is Cc1ccc(Cn2c(C3CCCC[C@H]3C(=O)O)nc3c(F)cc(OCc4ccc(C)cn4)cc32)cc1. The zero-order valence-corrected chi connectivity index (χ0v) is 20.6. The molecular formula is C29H30FN3O3. The number of aliphatic carboxylic acids is 1. The van der Waals surface area contributed by atoms with Crippen molar-refractivity contribution in [1.29, 1.82) is 0 Å². The third-order valence-electron chi connectivity index (χ3n) is 7.05. The summed E-state index contributed by atoms with van der Waals surface area (Å²) in [7, 11) is 0. The van der Waals surface area contributed by atoms with Gasteiger partial charge in [0, 0.05) is 30.8 Å². The highest BCUT2D eigenvalue weighted by molar-refractivity contribution is 5.79. The first kappa shape index (κ1) is 24.0. The Labute approximate surface area is 209 Å². The van der Waals surface area contributed by atoms with Gasteiger partial charge >= 0.3 is 5.97 Å². The predicted molar refractivity (Wildman–Crippen MR) is 136 cm³/mol. The van der Waals surface area contributed by atoms with E-state index in [2.05, 4.69) is 4.98 Å². The van der Waals surface area contributed by atoms with Gasteiger partial charge in [-0.05, 0) is 43.9 Å². The quantitative estimate of drug-likeness (QED) is 0.337. The Balaban J connectivity index is 1.57. The first-order chi connectivity index (χ1) is 17.4. The number of pyridine rings is 1. The number of hydrogen-bond acceptors (Lipinski definition) is 4. The number of fused-ring (bicyclic) bond motifs is 1. The van der Waals surface area contributed by atoms with Crippen molar-refractivity contribution < 1.29 is 19.0 Å². The maximum Gasteiger partial charge on any atom is 0.307 e. The second kappa shape index (κ2) is 10.1. The lowest BCUT2D eigenvalue weighted by atomic mass is 9.78. The molecule has 1 fully saturated rings. The fourth-order valence-electron chi connectivity index (χ4n) is 5.06. The summed E-state index contributed by atoms with van der Waals surface area (Å²) in [6, 6.07) is 15.2. The van der Waals surface area contributed by atoms with E-state index in [4.69, 9.17) is 9.72 Å². The Morgan fingerprint density at radius 1 is 1.08 bits per heavy atom. The monoisotopic (exact) mass is 487 g/mol. The number of rotatable bonds is 7. The Morgan fingerprint density at radius 3 is 2.56 bits per heavy atom. The van der Waals surface area contributed by atoms with Crippen LogP contribution in [0.15, 0.2) is 54.7 Å². The smallest absolute Gasteiger partial charge is 0.307 e. The molecule has 7 heteroatoms. The number of imidazole rings is 1. The zero-order valence-electron chi connectivity index (χ0n) is 20.6. The van der Waals surface area contributed by atoms with Gasteiger partial charge in [0.25, 0.3) is 0 Å². The van der Waals surface area contributed by atoms with E-state index in [-0.39, 0.29) is 18.0 Å². The summed E-state index contributed by atoms with van der Waals surface area (Å²) in [4.78, 5) is 21.2. The number of hydrogen-bond donors (Lipinski definition) is 1. The average molecular weight is 488 g/mol. The third kappa shape index (κ3) is 4.96. The molecule has 5 rings (SSSR count). The Hall–Kier alpha value is -3.74. The van der Waals surface area contributed by atoms with Gasteiger partial charge in [-0.1, -0.05) is 48.7 Å². The molecule has 2 aromatic heterocycles. The van der Waals surface area contributed by atoms with Crippen LogP contribution in [0.25, 0.3) is 11.0 Å². The summed E-state index contributed by atoms with van der Waals surface area (Å²) < 4.78 is 23.2. The molecular weight excluding hydrogens is 457 g/mol. The molecule has 2 atom stereocenters. The van der Waals surface area contributed by atoms with Crippen molar-refractivity contribution in [2.75, 3.05) is 0 Å². The molecule has 0 radical (unpaired) electrons. The van der Waals surface area contributed by atoms with Crippen molar-refractivity contribution in [3.8, 4) is 5.75 Å². The van der Waals surface area contributed by atoms with Crippen LogP contribution >= 0.6 is 0 Å². The van der Waals surface area contributed by atoms with E-state index in [1.807, 2.05) is 54.8 Å². The topological polar surface area (TPSA) is 77.2 Å². The lowest BCUT2D eigenvalue weighted by Crippen LogP contribution is -2.27. The van der Waals surface area contributed by atoms with E-state index in [9.17, 15) is 9.90 Å². The van der Waals surface area contributed by atoms with Gasteiger partial charge in [-0.3, -0.25) is 9.78 Å². The fraction of sp³-hybridized carbons (Fsp3) is 0.345. The van der Waals surface area contributed by atoms with Crippen molar-refractivity contribution in [3.63, 3.8) is 0 Å². The Kier molecular flexibility index (Phi) is 6.72. The molecule has 1 aliphatic rings. The van der Waals surface area contributed by atoms with Gasteiger partial charge in [-0.15, -0.1) is 0 Å². The molecule has 6 nitrogen and oxygen atoms in total. The predicted octanol–water partition coefficient (Wildman–Crippen LogP) is 6.17. The highest BCUT2D eigenvalue weighted by Crippen LogP contribution is 2.40. The van der Waals surface area contributed by atoms with Crippen LogP contribution in [0, 0.1) is 25.6 Å². The second-order valence-electron chi connectivity index (χ2n) is 9.77. The largest absolute Gasteiger partial charge is 0.487 e. The number of aryl methyl sites for hydroxylation is 2. The fourth-order valence-corrected chi connectivity index (χ4v) is 5.06. The van der Waals surface area contributed by atoms with E-state index < -0.39 is 17.7 Å². The number of carboxylic acids is 1. The average Bonchev–Trinajstić information content (AvgIpc) is 3.23. The molecule has 1 N–H and O–H groups in total. The first-order valence-corrected chi connectivity index (χ1v) is 12.4. The van der Waals surface area contributed by atoms with Crippen molar-refractivity contribution in [2.24, 2.45) is 5.92 Å². The number of carboxylic acid groups (broad SMARTS) is 1. The summed E-state index contributed by atoms with van der Waals surface area (Å²) >= 11 is 0. The lowest BCUT2D eigenvalue weighted by molar-refractivity contribution is -0.143. The summed E-state index contributed by atoms with van der Waals surface area (Å²) in [5, 5.41) is 9.91. The number of halogens is 1. The summed E-state index contributed by atoms with van der Waals surface area (Å²) in [5.41, 5.74) is 4.85. The van der Waals surface area contributed by atoms with Crippen molar-refractivity contribution >= 4 is 17.0 Å². The minimum atomic E-state index is -0.816. The first-order valence-electron chi connectivity index (χ1n) is 12.4. The molecule has 1 aliphatic carbocycles. The minimum Gasteiger partial charge on any atom is -0.487 e. The lowest BCUT2D eigenvalue weighted by Gasteiger charge is -2.28. The molecule has 36 heavy (non-hydrogen) atoms. The number of benzene rings is 2. The van der Waals surface area contributed by atoms with Gasteiger partial charge in [0.05, 0.1) is 17.1 Å². The molecule has 0 spiro atoms. The van der Waals surface area contributed by atoms with E-state index in [0.29, 0.717) is 30.1 Å². The maximum atomic E-state index is 15.3. The highest BCUT2D eigenvalue weighted by atomic mass is 19.1. The second-order valence-corrected chi connectivity index (χ2v) is 9.77. The third-order valence-corrected chi connectivity index (χ3v) is 7.05. The molecule has 4 aromatic rings. The molecule has 2 heterocycles. The van der Waals surface area contributed by atoms with Gasteiger partial charge in [0.2, 0.25) is 0 Å². The van der Waals surface area contributed by atoms with Gasteiger partial charge in [-0.2, -0.15) is 0 Å². The highest BCUT2D eigenvalue weighted by Gasteiger charge is 2.35. The number of carbonyl (C=O) groups is 1.